The molecule has 0 spiro atoms. The van der Waals surface area contributed by atoms with Crippen LogP contribution in [-0.4, -0.2) is 9.97 Å². The summed E-state index contributed by atoms with van der Waals surface area (Å²) in [7, 11) is 0. The summed E-state index contributed by atoms with van der Waals surface area (Å²) in [6.07, 6.45) is 0. The highest BCUT2D eigenvalue weighted by atomic mass is 32.1. The highest BCUT2D eigenvalue weighted by Crippen LogP contribution is 2.28. The van der Waals surface area contributed by atoms with Crippen LogP contribution in [0.2, 0.25) is 0 Å². The minimum absolute atomic E-state index is 0.366. The van der Waals surface area contributed by atoms with E-state index in [-0.39, 0.29) is 0 Å². The Labute approximate surface area is 131 Å². The van der Waals surface area contributed by atoms with Crippen LogP contribution in [0.25, 0.3) is 0 Å². The van der Waals surface area contributed by atoms with E-state index in [2.05, 4.69) is 43.2 Å². The molecule has 2 aromatic rings. The molecule has 1 aromatic heterocycles. The standard InChI is InChI=1S/C17H21N3S/c1-9-6-11(3)15(12(4)7-9)20-17-14(16(18)21)10(2)8-13(5)19-17/h6-8H,1-5H3,(H2,18,21)(H,19,20). The number of hydrogen-bond donors (Lipinski definition) is 2. The molecule has 0 fully saturated rings. The predicted molar refractivity (Wildman–Crippen MR) is 93.5 cm³/mol. The molecule has 0 atom stereocenters. The molecule has 0 saturated carbocycles. The Hall–Kier alpha value is -1.94. The van der Waals surface area contributed by atoms with E-state index < -0.39 is 0 Å². The van der Waals surface area contributed by atoms with Crippen LogP contribution in [-0.2, 0) is 0 Å². The van der Waals surface area contributed by atoms with Crippen molar-refractivity contribution in [3.05, 3.63) is 51.7 Å². The first-order valence-corrected chi connectivity index (χ1v) is 7.33. The van der Waals surface area contributed by atoms with Gasteiger partial charge < -0.3 is 11.1 Å². The lowest BCUT2D eigenvalue weighted by atomic mass is 10.0. The van der Waals surface area contributed by atoms with E-state index in [1.807, 2.05) is 19.9 Å². The van der Waals surface area contributed by atoms with Gasteiger partial charge in [0.05, 0.1) is 5.56 Å². The van der Waals surface area contributed by atoms with Crippen LogP contribution in [0.1, 0.15) is 33.5 Å². The van der Waals surface area contributed by atoms with E-state index in [0.29, 0.717) is 4.99 Å². The number of nitrogens with one attached hydrogen (secondary N) is 1. The molecule has 0 bridgehead atoms. The molecule has 4 heteroatoms. The van der Waals surface area contributed by atoms with Crippen molar-refractivity contribution < 1.29 is 0 Å². The van der Waals surface area contributed by atoms with Gasteiger partial charge in [-0.15, -0.1) is 0 Å². The summed E-state index contributed by atoms with van der Waals surface area (Å²) in [4.78, 5) is 4.94. The third kappa shape index (κ3) is 3.22. The van der Waals surface area contributed by atoms with E-state index in [9.17, 15) is 0 Å². The first-order valence-electron chi connectivity index (χ1n) is 6.92. The van der Waals surface area contributed by atoms with Crippen molar-refractivity contribution in [3.63, 3.8) is 0 Å². The summed E-state index contributed by atoms with van der Waals surface area (Å²) in [6, 6.07) is 6.30. The molecule has 21 heavy (non-hydrogen) atoms. The lowest BCUT2D eigenvalue weighted by molar-refractivity contribution is 1.16. The van der Waals surface area contributed by atoms with Gasteiger partial charge >= 0.3 is 0 Å². The maximum atomic E-state index is 5.87. The van der Waals surface area contributed by atoms with E-state index in [1.54, 1.807) is 0 Å². The van der Waals surface area contributed by atoms with Crippen molar-refractivity contribution in [2.75, 3.05) is 5.32 Å². The van der Waals surface area contributed by atoms with Gasteiger partial charge in [0.15, 0.2) is 0 Å². The first-order chi connectivity index (χ1) is 9.79. The Kier molecular flexibility index (Phi) is 4.28. The second-order valence-corrected chi connectivity index (χ2v) is 6.01. The Balaban J connectivity index is 2.57. The fourth-order valence-electron chi connectivity index (χ4n) is 2.73. The lowest BCUT2D eigenvalue weighted by Crippen LogP contribution is -2.16. The summed E-state index contributed by atoms with van der Waals surface area (Å²) in [5.41, 5.74) is 13.3. The molecule has 3 N–H and O–H groups in total. The summed E-state index contributed by atoms with van der Waals surface area (Å²) in [6.45, 7) is 10.2. The maximum absolute atomic E-state index is 5.87. The van der Waals surface area contributed by atoms with Crippen LogP contribution in [0, 0.1) is 34.6 Å². The zero-order valence-electron chi connectivity index (χ0n) is 13.2. The van der Waals surface area contributed by atoms with Gasteiger partial charge in [0.25, 0.3) is 0 Å². The van der Waals surface area contributed by atoms with Crippen molar-refractivity contribution in [1.29, 1.82) is 0 Å². The van der Waals surface area contributed by atoms with Gasteiger partial charge in [-0.3, -0.25) is 0 Å². The first kappa shape index (κ1) is 15.4. The average molecular weight is 299 g/mol. The summed E-state index contributed by atoms with van der Waals surface area (Å²) < 4.78 is 0. The van der Waals surface area contributed by atoms with E-state index in [4.69, 9.17) is 18.0 Å². The Morgan fingerprint density at radius 3 is 2.10 bits per heavy atom. The highest BCUT2D eigenvalue weighted by Gasteiger charge is 2.13. The zero-order chi connectivity index (χ0) is 15.7. The van der Waals surface area contributed by atoms with Gasteiger partial charge in [0.2, 0.25) is 0 Å². The number of hydrogen-bond acceptors (Lipinski definition) is 3. The number of benzene rings is 1. The largest absolute Gasteiger partial charge is 0.389 e. The topological polar surface area (TPSA) is 50.9 Å². The summed E-state index contributed by atoms with van der Waals surface area (Å²) >= 11 is 5.18. The van der Waals surface area contributed by atoms with Crippen LogP contribution >= 0.6 is 12.2 Å². The summed E-state index contributed by atoms with van der Waals surface area (Å²) in [5.74, 6) is 0.732. The number of anilines is 2. The van der Waals surface area contributed by atoms with Crippen molar-refractivity contribution in [3.8, 4) is 0 Å². The van der Waals surface area contributed by atoms with Gasteiger partial charge in [-0.25, -0.2) is 4.98 Å². The lowest BCUT2D eigenvalue weighted by Gasteiger charge is -2.17. The van der Waals surface area contributed by atoms with Crippen molar-refractivity contribution in [2.45, 2.75) is 34.6 Å². The van der Waals surface area contributed by atoms with Crippen molar-refractivity contribution in [2.24, 2.45) is 5.73 Å². The molecule has 0 amide bonds. The van der Waals surface area contributed by atoms with Crippen LogP contribution in [0.3, 0.4) is 0 Å². The van der Waals surface area contributed by atoms with Crippen molar-refractivity contribution >= 4 is 28.7 Å². The third-order valence-electron chi connectivity index (χ3n) is 3.51. The maximum Gasteiger partial charge on any atom is 0.141 e. The number of nitrogens with zero attached hydrogens (tertiary/aromatic N) is 1. The Bertz CT molecular complexity index is 697. The minimum Gasteiger partial charge on any atom is -0.389 e. The second kappa shape index (κ2) is 5.82. The highest BCUT2D eigenvalue weighted by molar-refractivity contribution is 7.80. The number of aryl methyl sites for hydroxylation is 5. The molecule has 0 saturated heterocycles. The normalized spacial score (nSPS) is 10.5. The summed E-state index contributed by atoms with van der Waals surface area (Å²) in [5, 5.41) is 3.42. The molecule has 3 nitrogen and oxygen atoms in total. The Morgan fingerprint density at radius 2 is 1.57 bits per heavy atom. The SMILES string of the molecule is Cc1cc(C)c(Nc2nc(C)cc(C)c2C(N)=S)c(C)c1. The number of thiocarbonyl (C=S) groups is 1. The van der Waals surface area contributed by atoms with Gasteiger partial charge in [-0.05, 0) is 57.4 Å². The Morgan fingerprint density at radius 1 is 1.00 bits per heavy atom. The zero-order valence-corrected chi connectivity index (χ0v) is 14.0. The van der Waals surface area contributed by atoms with Crippen LogP contribution in [0.5, 0.6) is 0 Å². The molecule has 0 aliphatic carbocycles. The van der Waals surface area contributed by atoms with Gasteiger partial charge in [-0.1, -0.05) is 29.9 Å². The molecule has 0 aliphatic rings. The quantitative estimate of drug-likeness (QED) is 0.841. The molecule has 0 aliphatic heterocycles. The van der Waals surface area contributed by atoms with E-state index in [0.717, 1.165) is 28.3 Å². The van der Waals surface area contributed by atoms with Gasteiger partial charge in [0, 0.05) is 11.4 Å². The minimum atomic E-state index is 0.366. The molecule has 2 rings (SSSR count). The number of nitrogens with two attached hydrogens (primary N) is 1. The monoisotopic (exact) mass is 299 g/mol. The smallest absolute Gasteiger partial charge is 0.141 e. The van der Waals surface area contributed by atoms with Crippen LogP contribution in [0.4, 0.5) is 11.5 Å². The average Bonchev–Trinajstić information content (AvgIpc) is 2.32. The van der Waals surface area contributed by atoms with E-state index in [1.165, 1.54) is 16.7 Å². The molecular formula is C17H21N3S. The van der Waals surface area contributed by atoms with Gasteiger partial charge in [-0.2, -0.15) is 0 Å². The van der Waals surface area contributed by atoms with Crippen LogP contribution in [0.15, 0.2) is 18.2 Å². The van der Waals surface area contributed by atoms with E-state index >= 15 is 0 Å². The fourth-order valence-corrected chi connectivity index (χ4v) is 2.99. The molecular weight excluding hydrogens is 278 g/mol. The number of pyridine rings is 1. The van der Waals surface area contributed by atoms with Crippen LogP contribution < -0.4 is 11.1 Å². The third-order valence-corrected chi connectivity index (χ3v) is 3.72. The predicted octanol–water partition coefficient (Wildman–Crippen LogP) is 4.00. The molecule has 1 aromatic carbocycles. The van der Waals surface area contributed by atoms with Crippen molar-refractivity contribution in [1.82, 2.24) is 4.98 Å². The fraction of sp³-hybridized carbons (Fsp3) is 0.294. The second-order valence-electron chi connectivity index (χ2n) is 5.57. The molecule has 0 radical (unpaired) electrons. The molecule has 110 valence electrons. The molecule has 0 unspecified atom stereocenters. The number of aromatic nitrogens is 1. The van der Waals surface area contributed by atoms with Gasteiger partial charge in [0.1, 0.15) is 10.8 Å². The molecule has 1 heterocycles. The number of rotatable bonds is 3.